The van der Waals surface area contributed by atoms with Crippen molar-refractivity contribution < 1.29 is 9.53 Å². The maximum atomic E-state index is 12.3. The molecule has 30 heavy (non-hydrogen) atoms. The van der Waals surface area contributed by atoms with Gasteiger partial charge in [-0.15, -0.1) is 0 Å². The van der Waals surface area contributed by atoms with Crippen LogP contribution in [0.1, 0.15) is 64.4 Å². The van der Waals surface area contributed by atoms with E-state index in [0.29, 0.717) is 30.9 Å². The Morgan fingerprint density at radius 3 is 2.60 bits per heavy atom. The first-order chi connectivity index (χ1) is 14.5. The predicted octanol–water partition coefficient (Wildman–Crippen LogP) is 3.29. The molecule has 1 aliphatic carbocycles. The summed E-state index contributed by atoms with van der Waals surface area (Å²) in [5, 5.41) is 9.80. The number of rotatable bonds is 12. The van der Waals surface area contributed by atoms with Crippen LogP contribution in [-0.2, 0) is 16.1 Å². The minimum Gasteiger partial charge on any atom is -0.383 e. The molecule has 2 rings (SSSR count). The number of carbonyl (C=O) groups is 1. The monoisotopic (exact) mass is 423 g/mol. The first-order valence-electron chi connectivity index (χ1n) is 11.6. The lowest BCUT2D eigenvalue weighted by molar-refractivity contribution is -0.135. The van der Waals surface area contributed by atoms with E-state index in [4.69, 9.17) is 4.74 Å². The van der Waals surface area contributed by atoms with E-state index in [9.17, 15) is 4.79 Å². The first-order valence-corrected chi connectivity index (χ1v) is 11.6. The predicted molar refractivity (Wildman–Crippen MR) is 123 cm³/mol. The molecule has 1 fully saturated rings. The smallest absolute Gasteiger partial charge is 0.222 e. The van der Waals surface area contributed by atoms with Crippen LogP contribution >= 0.6 is 0 Å². The molecule has 0 spiro atoms. The average Bonchev–Trinajstić information content (AvgIpc) is 3.25. The van der Waals surface area contributed by atoms with E-state index in [0.717, 1.165) is 32.6 Å². The van der Waals surface area contributed by atoms with Crippen molar-refractivity contribution >= 4 is 5.91 Å². The van der Waals surface area contributed by atoms with Crippen LogP contribution < -0.4 is 5.32 Å². The highest BCUT2D eigenvalue weighted by Gasteiger charge is 2.24. The number of carbonyl (C=O) groups excluding carboxylic acids is 1. The van der Waals surface area contributed by atoms with E-state index in [-0.39, 0.29) is 0 Å². The number of hydrogen-bond donors (Lipinski definition) is 2. The van der Waals surface area contributed by atoms with E-state index < -0.39 is 0 Å². The average molecular weight is 424 g/mol. The van der Waals surface area contributed by atoms with Gasteiger partial charge in [0.05, 0.1) is 12.8 Å². The maximum Gasteiger partial charge on any atom is 0.222 e. The topological polar surface area (TPSA) is 73.5 Å². The molecule has 1 saturated carbocycles. The Hall–Kier alpha value is -1.44. The Labute approximate surface area is 183 Å². The molecule has 0 saturated heterocycles. The van der Waals surface area contributed by atoms with Gasteiger partial charge in [0.1, 0.15) is 0 Å². The Bertz CT molecular complexity index is 530. The fourth-order valence-electron chi connectivity index (χ4n) is 3.71. The molecule has 2 N–H and O–H groups in total. The highest BCUT2D eigenvalue weighted by Crippen LogP contribution is 2.23. The Kier molecular flexibility index (Phi) is 14.4. The van der Waals surface area contributed by atoms with Gasteiger partial charge in [-0.2, -0.15) is 5.10 Å². The normalized spacial score (nSPS) is 14.6. The third-order valence-electron chi connectivity index (χ3n) is 5.56. The van der Waals surface area contributed by atoms with Gasteiger partial charge in [-0.1, -0.05) is 33.1 Å². The van der Waals surface area contributed by atoms with Crippen molar-refractivity contribution in [3.63, 3.8) is 0 Å². The molecular formula is C23H45N5O2. The van der Waals surface area contributed by atoms with Gasteiger partial charge < -0.3 is 19.9 Å². The molecule has 174 valence electrons. The molecule has 0 aliphatic heterocycles. The maximum absolute atomic E-state index is 12.3. The Balaban J connectivity index is 0.000000325. The summed E-state index contributed by atoms with van der Waals surface area (Å²) in [7, 11) is 5.77. The zero-order valence-electron chi connectivity index (χ0n) is 20.0. The second kappa shape index (κ2) is 16.3. The quantitative estimate of drug-likeness (QED) is 0.540. The highest BCUT2D eigenvalue weighted by atomic mass is 16.5. The Morgan fingerprint density at radius 1 is 1.30 bits per heavy atom. The molecule has 0 bridgehead atoms. The van der Waals surface area contributed by atoms with E-state index in [1.807, 2.05) is 19.4 Å². The molecule has 7 heteroatoms. The van der Waals surface area contributed by atoms with Crippen molar-refractivity contribution in [3.05, 3.63) is 18.0 Å². The molecule has 1 aliphatic rings. The molecule has 0 unspecified atom stereocenters. The van der Waals surface area contributed by atoms with Crippen LogP contribution in [0.25, 0.3) is 0 Å². The minimum absolute atomic E-state index is 0.327. The van der Waals surface area contributed by atoms with E-state index in [1.54, 1.807) is 7.11 Å². The third-order valence-corrected chi connectivity index (χ3v) is 5.56. The van der Waals surface area contributed by atoms with Gasteiger partial charge >= 0.3 is 0 Å². The van der Waals surface area contributed by atoms with Gasteiger partial charge in [-0.3, -0.25) is 9.89 Å². The van der Waals surface area contributed by atoms with Crippen molar-refractivity contribution in [1.82, 2.24) is 25.3 Å². The summed E-state index contributed by atoms with van der Waals surface area (Å²) in [5.74, 6) is 0.928. The zero-order chi connectivity index (χ0) is 22.2. The summed E-state index contributed by atoms with van der Waals surface area (Å²) in [6.07, 6.45) is 11.7. The fourth-order valence-corrected chi connectivity index (χ4v) is 3.71. The second-order valence-corrected chi connectivity index (χ2v) is 8.75. The summed E-state index contributed by atoms with van der Waals surface area (Å²) in [5.41, 5.74) is 1.23. The van der Waals surface area contributed by atoms with Crippen LogP contribution in [0.3, 0.4) is 0 Å². The molecule has 7 nitrogen and oxygen atoms in total. The van der Waals surface area contributed by atoms with Gasteiger partial charge in [0.2, 0.25) is 5.91 Å². The molecule has 0 radical (unpaired) electrons. The van der Waals surface area contributed by atoms with Crippen LogP contribution in [-0.4, -0.2) is 79.4 Å². The third kappa shape index (κ3) is 11.7. The number of methoxy groups -OCH3 is 1. The van der Waals surface area contributed by atoms with Gasteiger partial charge in [-0.25, -0.2) is 0 Å². The largest absolute Gasteiger partial charge is 0.383 e. The lowest BCUT2D eigenvalue weighted by Gasteiger charge is -2.34. The lowest BCUT2D eigenvalue weighted by Crippen LogP contribution is -2.43. The number of H-pyrrole nitrogens is 1. The standard InChI is InChI=1S/C15H29NO2.C8H16N4/c1-13(2)9-10-15(17)16(11-12-18-3)14-7-5-4-6-8-14;1-9-3-4-12(2)7-8-5-10-11-6-8/h13-14H,4-12H2,1-3H3;5-6,9H,3-4,7H2,1-2H3,(H,10,11). The lowest BCUT2D eigenvalue weighted by atomic mass is 9.93. The van der Waals surface area contributed by atoms with Gasteiger partial charge in [0.15, 0.2) is 0 Å². The molecule has 0 atom stereocenters. The molecule has 1 heterocycles. The number of amides is 1. The van der Waals surface area contributed by atoms with Crippen molar-refractivity contribution in [1.29, 1.82) is 0 Å². The molecule has 1 aromatic heterocycles. The summed E-state index contributed by atoms with van der Waals surface area (Å²) in [6, 6.07) is 0.466. The number of likely N-dealkylation sites (N-methyl/N-ethyl adjacent to an activating group) is 2. The van der Waals surface area contributed by atoms with Crippen LogP contribution in [0.15, 0.2) is 12.4 Å². The van der Waals surface area contributed by atoms with E-state index >= 15 is 0 Å². The van der Waals surface area contributed by atoms with Crippen LogP contribution in [0.4, 0.5) is 0 Å². The SMILES string of the molecule is CNCCN(C)Cc1cn[nH]c1.COCCN(C(=O)CCC(C)C)C1CCCCC1. The summed E-state index contributed by atoms with van der Waals surface area (Å²) in [6.45, 7) is 8.80. The number of nitrogens with one attached hydrogen (secondary N) is 2. The summed E-state index contributed by atoms with van der Waals surface area (Å²) >= 11 is 0. The van der Waals surface area contributed by atoms with E-state index in [2.05, 4.69) is 46.2 Å². The number of nitrogens with zero attached hydrogens (tertiary/aromatic N) is 3. The molecule has 0 aromatic carbocycles. The van der Waals surface area contributed by atoms with Gasteiger partial charge in [0.25, 0.3) is 0 Å². The van der Waals surface area contributed by atoms with Crippen molar-refractivity contribution in [3.8, 4) is 0 Å². The molecule has 1 aromatic rings. The van der Waals surface area contributed by atoms with E-state index in [1.165, 1.54) is 37.7 Å². The second-order valence-electron chi connectivity index (χ2n) is 8.75. The number of aromatic nitrogens is 2. The van der Waals surface area contributed by atoms with Crippen LogP contribution in [0, 0.1) is 5.92 Å². The fraction of sp³-hybridized carbons (Fsp3) is 0.826. The Morgan fingerprint density at radius 2 is 2.03 bits per heavy atom. The van der Waals surface area contributed by atoms with Crippen molar-refractivity contribution in [2.45, 2.75) is 71.4 Å². The first kappa shape index (κ1) is 26.6. The van der Waals surface area contributed by atoms with Gasteiger partial charge in [-0.05, 0) is 39.3 Å². The zero-order valence-corrected chi connectivity index (χ0v) is 20.0. The molecule has 1 amide bonds. The number of aromatic amines is 1. The number of hydrogen-bond acceptors (Lipinski definition) is 5. The van der Waals surface area contributed by atoms with Crippen LogP contribution in [0.5, 0.6) is 0 Å². The van der Waals surface area contributed by atoms with Crippen molar-refractivity contribution in [2.24, 2.45) is 5.92 Å². The summed E-state index contributed by atoms with van der Waals surface area (Å²) < 4.78 is 5.15. The minimum atomic E-state index is 0.327. The highest BCUT2D eigenvalue weighted by molar-refractivity contribution is 5.76. The van der Waals surface area contributed by atoms with Crippen LogP contribution in [0.2, 0.25) is 0 Å². The number of ether oxygens (including phenoxy) is 1. The molecular weight excluding hydrogens is 378 g/mol. The summed E-state index contributed by atoms with van der Waals surface area (Å²) in [4.78, 5) is 16.7. The van der Waals surface area contributed by atoms with Gasteiger partial charge in [0, 0.05) is 57.5 Å². The van der Waals surface area contributed by atoms with Crippen molar-refractivity contribution in [2.75, 3.05) is 47.4 Å².